The van der Waals surface area contributed by atoms with Crippen molar-refractivity contribution in [1.29, 1.82) is 0 Å². The molecule has 0 unspecified atom stereocenters. The molecule has 2 amide bonds. The van der Waals surface area contributed by atoms with Crippen LogP contribution < -0.4 is 4.90 Å². The predicted molar refractivity (Wildman–Crippen MR) is 143 cm³/mol. The van der Waals surface area contributed by atoms with E-state index in [1.54, 1.807) is 38.4 Å². The van der Waals surface area contributed by atoms with Crippen molar-refractivity contribution in [1.82, 2.24) is 14.1 Å². The van der Waals surface area contributed by atoms with Crippen LogP contribution in [0.25, 0.3) is 5.76 Å². The summed E-state index contributed by atoms with van der Waals surface area (Å²) in [5, 5.41) is 11.6. The summed E-state index contributed by atoms with van der Waals surface area (Å²) in [5.41, 5.74) is -1.47. The van der Waals surface area contributed by atoms with Crippen LogP contribution in [0.1, 0.15) is 11.1 Å². The van der Waals surface area contributed by atoms with Crippen LogP contribution in [0.2, 0.25) is 0 Å². The van der Waals surface area contributed by atoms with Crippen LogP contribution in [0.3, 0.4) is 0 Å². The number of likely N-dealkylation sites (N-methyl/N-ethyl adjacent to an activating group) is 1. The molecule has 4 rings (SSSR count). The van der Waals surface area contributed by atoms with Gasteiger partial charge in [0.2, 0.25) is 10.0 Å². The quantitative estimate of drug-likeness (QED) is 0.235. The molecule has 2 aliphatic rings. The van der Waals surface area contributed by atoms with Gasteiger partial charge in [0.25, 0.3) is 17.6 Å². The van der Waals surface area contributed by atoms with Crippen molar-refractivity contribution in [3.05, 3.63) is 77.9 Å². The van der Waals surface area contributed by atoms with E-state index >= 15 is 0 Å². The summed E-state index contributed by atoms with van der Waals surface area (Å²) in [6.07, 6.45) is 1.54. The first-order valence-electron chi connectivity index (χ1n) is 11.9. The molecule has 38 heavy (non-hydrogen) atoms. The zero-order valence-corrected chi connectivity index (χ0v) is 22.5. The van der Waals surface area contributed by atoms with Gasteiger partial charge in [-0.05, 0) is 32.3 Å². The number of amides is 2. The number of fused-ring (bicyclic) bond motifs is 2. The number of hydrogen-bond acceptors (Lipinski definition) is 7. The first kappa shape index (κ1) is 27.2. The fraction of sp³-hybridized carbons (Fsp3) is 0.296. The summed E-state index contributed by atoms with van der Waals surface area (Å²) in [5.74, 6) is -3.15. The summed E-state index contributed by atoms with van der Waals surface area (Å²) in [6, 6.07) is 12.2. The van der Waals surface area contributed by atoms with E-state index in [9.17, 15) is 27.9 Å². The van der Waals surface area contributed by atoms with Crippen LogP contribution in [-0.2, 0) is 29.9 Å². The van der Waals surface area contributed by atoms with E-state index in [4.69, 9.17) is 0 Å². The number of carbonyl (C=O) groups is 3. The van der Waals surface area contributed by atoms with Gasteiger partial charge >= 0.3 is 0 Å². The maximum absolute atomic E-state index is 14.3. The zero-order valence-electron chi connectivity index (χ0n) is 21.7. The number of hydrogen-bond donors (Lipinski definition) is 1. The number of carbonyl (C=O) groups excluding carboxylic acids is 3. The lowest BCUT2D eigenvalue weighted by molar-refractivity contribution is -0.143. The minimum Gasteiger partial charge on any atom is -0.507 e. The Labute approximate surface area is 222 Å². The molecule has 2 aromatic carbocycles. The molecule has 0 saturated carbocycles. The largest absolute Gasteiger partial charge is 0.507 e. The second kappa shape index (κ2) is 9.82. The van der Waals surface area contributed by atoms with Crippen LogP contribution in [0.4, 0.5) is 5.69 Å². The van der Waals surface area contributed by atoms with Crippen molar-refractivity contribution in [3.63, 3.8) is 0 Å². The standard InChI is InChI=1S/C27H30N4O6S/c1-6-14-30-21-13-8-7-12-20(21)27(26(30)35)22(24(33)25(34)31(27)16-15-28(2)3)23(32)18-10-9-11-19(17-18)38(36,37)29(4)5/h6-13,17,32H,1,14-16H2,2-5H3/t27-/m0/s1. The molecular weight excluding hydrogens is 508 g/mol. The Balaban J connectivity index is 2.05. The number of nitrogens with zero attached hydrogens (tertiary/aromatic N) is 4. The lowest BCUT2D eigenvalue weighted by Crippen LogP contribution is -2.53. The number of ketones is 1. The third-order valence-corrected chi connectivity index (χ3v) is 8.59. The highest BCUT2D eigenvalue weighted by atomic mass is 32.2. The Bertz CT molecular complexity index is 1480. The Morgan fingerprint density at radius 3 is 2.37 bits per heavy atom. The fourth-order valence-corrected chi connectivity index (χ4v) is 5.88. The number of likely N-dealkylation sites (tertiary alicyclic amines) is 1. The molecule has 11 heteroatoms. The molecule has 0 bridgehead atoms. The Morgan fingerprint density at radius 2 is 1.74 bits per heavy atom. The molecule has 0 aliphatic carbocycles. The molecule has 1 spiro atoms. The van der Waals surface area contributed by atoms with E-state index in [-0.39, 0.29) is 23.5 Å². The Hall–Kier alpha value is -3.80. The predicted octanol–water partition coefficient (Wildman–Crippen LogP) is 1.61. The highest BCUT2D eigenvalue weighted by molar-refractivity contribution is 7.89. The van der Waals surface area contributed by atoms with E-state index in [0.29, 0.717) is 17.8 Å². The molecular formula is C27H30N4O6S. The molecule has 0 radical (unpaired) electrons. The van der Waals surface area contributed by atoms with E-state index in [0.717, 1.165) is 4.31 Å². The van der Waals surface area contributed by atoms with Crippen LogP contribution in [0, 0.1) is 0 Å². The molecule has 0 aromatic heterocycles. The monoisotopic (exact) mass is 538 g/mol. The number of para-hydroxylation sites is 1. The number of aliphatic hydroxyl groups excluding tert-OH is 1. The molecule has 2 aromatic rings. The van der Waals surface area contributed by atoms with Gasteiger partial charge in [-0.2, -0.15) is 0 Å². The third-order valence-electron chi connectivity index (χ3n) is 6.78. The average Bonchev–Trinajstić information content (AvgIpc) is 3.25. The number of Topliss-reactive ketones (excluding diaryl/α,β-unsaturated/α-hetero) is 1. The van der Waals surface area contributed by atoms with Crippen molar-refractivity contribution in [2.45, 2.75) is 10.4 Å². The van der Waals surface area contributed by atoms with Gasteiger partial charge in [-0.25, -0.2) is 12.7 Å². The van der Waals surface area contributed by atoms with Crippen molar-refractivity contribution in [2.75, 3.05) is 52.7 Å². The summed E-state index contributed by atoms with van der Waals surface area (Å²) >= 11 is 0. The summed E-state index contributed by atoms with van der Waals surface area (Å²) in [4.78, 5) is 45.7. The Kier molecular flexibility index (Phi) is 7.04. The average molecular weight is 539 g/mol. The van der Waals surface area contributed by atoms with Gasteiger partial charge in [0.05, 0.1) is 16.2 Å². The molecule has 1 atom stereocenters. The maximum Gasteiger partial charge on any atom is 0.296 e. The molecule has 2 aliphatic heterocycles. The summed E-state index contributed by atoms with van der Waals surface area (Å²) in [6.45, 7) is 4.23. The summed E-state index contributed by atoms with van der Waals surface area (Å²) in [7, 11) is 2.48. The Morgan fingerprint density at radius 1 is 1.05 bits per heavy atom. The minimum absolute atomic E-state index is 0.00892. The van der Waals surface area contributed by atoms with Gasteiger partial charge < -0.3 is 19.8 Å². The fourth-order valence-electron chi connectivity index (χ4n) is 4.94. The number of sulfonamides is 1. The molecule has 2 heterocycles. The van der Waals surface area contributed by atoms with E-state index in [1.807, 2.05) is 4.90 Å². The van der Waals surface area contributed by atoms with Crippen molar-refractivity contribution in [2.24, 2.45) is 0 Å². The van der Waals surface area contributed by atoms with Gasteiger partial charge in [0.15, 0.2) is 5.54 Å². The lowest BCUT2D eigenvalue weighted by atomic mass is 9.82. The second-order valence-electron chi connectivity index (χ2n) is 9.56. The first-order chi connectivity index (χ1) is 17.9. The van der Waals surface area contributed by atoms with Crippen LogP contribution in [0.5, 0.6) is 0 Å². The minimum atomic E-state index is -3.87. The van der Waals surface area contributed by atoms with E-state index in [1.165, 1.54) is 54.2 Å². The SMILES string of the molecule is C=CCN1C(=O)[C@@]2(C(=C(O)c3cccc(S(=O)(=O)N(C)C)c3)C(=O)C(=O)N2CCN(C)C)c2ccccc21. The van der Waals surface area contributed by atoms with Gasteiger partial charge in [-0.15, -0.1) is 6.58 Å². The van der Waals surface area contributed by atoms with E-state index < -0.39 is 44.5 Å². The van der Waals surface area contributed by atoms with Gasteiger partial charge in [-0.1, -0.05) is 36.4 Å². The topological polar surface area (TPSA) is 119 Å². The number of benzene rings is 2. The second-order valence-corrected chi connectivity index (χ2v) is 11.7. The zero-order chi connectivity index (χ0) is 28.0. The van der Waals surface area contributed by atoms with Crippen molar-refractivity contribution >= 4 is 39.1 Å². The molecule has 1 N–H and O–H groups in total. The number of rotatable bonds is 8. The maximum atomic E-state index is 14.3. The number of aliphatic hydroxyl groups is 1. The smallest absolute Gasteiger partial charge is 0.296 e. The van der Waals surface area contributed by atoms with E-state index in [2.05, 4.69) is 6.58 Å². The normalized spacial score (nSPS) is 20.7. The first-order valence-corrected chi connectivity index (χ1v) is 13.3. The van der Waals surface area contributed by atoms with Gasteiger partial charge in [0, 0.05) is 44.9 Å². The highest BCUT2D eigenvalue weighted by Crippen LogP contribution is 2.53. The van der Waals surface area contributed by atoms with Crippen LogP contribution in [0.15, 0.2) is 71.7 Å². The highest BCUT2D eigenvalue weighted by Gasteiger charge is 2.66. The molecule has 1 saturated heterocycles. The lowest BCUT2D eigenvalue weighted by Gasteiger charge is -2.35. The molecule has 10 nitrogen and oxygen atoms in total. The molecule has 200 valence electrons. The van der Waals surface area contributed by atoms with Gasteiger partial charge in [0.1, 0.15) is 5.76 Å². The van der Waals surface area contributed by atoms with Crippen molar-refractivity contribution in [3.8, 4) is 0 Å². The van der Waals surface area contributed by atoms with Gasteiger partial charge in [-0.3, -0.25) is 14.4 Å². The third kappa shape index (κ3) is 3.94. The summed E-state index contributed by atoms with van der Waals surface area (Å²) < 4.78 is 26.5. The number of anilines is 1. The molecule has 1 fully saturated rings. The van der Waals surface area contributed by atoms with Crippen LogP contribution in [-0.4, -0.2) is 93.1 Å². The van der Waals surface area contributed by atoms with Crippen LogP contribution >= 0.6 is 0 Å². The van der Waals surface area contributed by atoms with Crippen molar-refractivity contribution < 1.29 is 27.9 Å².